The summed E-state index contributed by atoms with van der Waals surface area (Å²) in [6.07, 6.45) is 0.417. The lowest BCUT2D eigenvalue weighted by Crippen LogP contribution is -2.42. The largest absolute Gasteiger partial charge is 0.480 e. The van der Waals surface area contributed by atoms with E-state index in [1.165, 1.54) is 0 Å². The number of guanidine groups is 1. The minimum absolute atomic E-state index is 0.0129. The number of alkyl carbamates (subject to hydrolysis) is 1. The van der Waals surface area contributed by atoms with Crippen molar-refractivity contribution in [2.45, 2.75) is 38.0 Å². The van der Waals surface area contributed by atoms with Crippen LogP contribution in [0.5, 0.6) is 0 Å². The van der Waals surface area contributed by atoms with Gasteiger partial charge in [0.2, 0.25) is 0 Å². The Morgan fingerprint density at radius 1 is 0.912 bits per heavy atom. The number of carboxylic acids is 2. The molecule has 0 aliphatic carbocycles. The third-order valence-electron chi connectivity index (χ3n) is 4.37. The Morgan fingerprint density at radius 3 is 1.97 bits per heavy atom. The summed E-state index contributed by atoms with van der Waals surface area (Å²) < 4.78 is 5.03. The van der Waals surface area contributed by atoms with E-state index in [1.54, 1.807) is 0 Å². The van der Waals surface area contributed by atoms with Crippen molar-refractivity contribution < 1.29 is 29.3 Å². The molecule has 0 fully saturated rings. The van der Waals surface area contributed by atoms with E-state index in [0.717, 1.165) is 11.1 Å². The maximum Gasteiger partial charge on any atom is 0.408 e. The molecular formula is C23H31N5O6. The number of carbonyl (C=O) groups excluding carboxylic acids is 1. The fraction of sp³-hybridized carbons (Fsp3) is 0.304. The Balaban J connectivity index is 0.000000411. The summed E-state index contributed by atoms with van der Waals surface area (Å²) in [5.41, 5.74) is 17.0. The van der Waals surface area contributed by atoms with Crippen LogP contribution in [0.2, 0.25) is 0 Å². The molecule has 0 bridgehead atoms. The van der Waals surface area contributed by atoms with Gasteiger partial charge in [-0.15, -0.1) is 0 Å². The summed E-state index contributed by atoms with van der Waals surface area (Å²) in [4.78, 5) is 36.9. The first kappa shape index (κ1) is 27.9. The van der Waals surface area contributed by atoms with Crippen molar-refractivity contribution in [1.82, 2.24) is 5.32 Å². The second-order valence-corrected chi connectivity index (χ2v) is 7.18. The van der Waals surface area contributed by atoms with Gasteiger partial charge in [-0.05, 0) is 24.0 Å². The smallest absolute Gasteiger partial charge is 0.408 e. The highest BCUT2D eigenvalue weighted by Crippen LogP contribution is 2.05. The number of hydrogen-bond acceptors (Lipinski definition) is 6. The number of rotatable bonds is 11. The monoisotopic (exact) mass is 473 g/mol. The third kappa shape index (κ3) is 12.7. The van der Waals surface area contributed by atoms with Gasteiger partial charge in [0.15, 0.2) is 5.96 Å². The lowest BCUT2D eigenvalue weighted by atomic mass is 10.1. The maximum atomic E-state index is 11.7. The number of aliphatic imine (C=N–C) groups is 1. The van der Waals surface area contributed by atoms with Crippen LogP contribution in [0.1, 0.15) is 24.0 Å². The number of ether oxygens (including phenoxy) is 1. The molecule has 0 radical (unpaired) electrons. The minimum Gasteiger partial charge on any atom is -0.480 e. The van der Waals surface area contributed by atoms with Gasteiger partial charge in [0, 0.05) is 13.0 Å². The quantitative estimate of drug-likeness (QED) is 0.157. The molecule has 2 aromatic carbocycles. The Bertz CT molecular complexity index is 920. The zero-order valence-corrected chi connectivity index (χ0v) is 18.7. The Hall–Kier alpha value is -4.12. The van der Waals surface area contributed by atoms with Gasteiger partial charge in [-0.1, -0.05) is 60.7 Å². The molecule has 1 amide bonds. The van der Waals surface area contributed by atoms with E-state index in [2.05, 4.69) is 10.3 Å². The second-order valence-electron chi connectivity index (χ2n) is 7.18. The zero-order valence-electron chi connectivity index (χ0n) is 18.7. The summed E-state index contributed by atoms with van der Waals surface area (Å²) in [7, 11) is 0. The predicted molar refractivity (Wildman–Crippen MR) is 127 cm³/mol. The van der Waals surface area contributed by atoms with E-state index in [4.69, 9.17) is 27.0 Å². The van der Waals surface area contributed by atoms with Crippen LogP contribution in [0.3, 0.4) is 0 Å². The zero-order chi connectivity index (χ0) is 25.3. The van der Waals surface area contributed by atoms with Crippen molar-refractivity contribution in [2.24, 2.45) is 22.2 Å². The number of aliphatic carboxylic acids is 2. The van der Waals surface area contributed by atoms with Gasteiger partial charge >= 0.3 is 18.0 Å². The summed E-state index contributed by atoms with van der Waals surface area (Å²) in [6.45, 7) is 0.521. The molecule has 0 aliphatic heterocycles. The van der Waals surface area contributed by atoms with Crippen LogP contribution in [-0.4, -0.2) is 52.8 Å². The lowest BCUT2D eigenvalue weighted by molar-refractivity contribution is -0.140. The number of benzene rings is 2. The van der Waals surface area contributed by atoms with Gasteiger partial charge in [0.25, 0.3) is 0 Å². The van der Waals surface area contributed by atoms with Crippen LogP contribution in [0, 0.1) is 0 Å². The number of nitrogens with zero attached hydrogens (tertiary/aromatic N) is 1. The molecule has 0 saturated carbocycles. The van der Waals surface area contributed by atoms with Crippen molar-refractivity contribution in [3.05, 3.63) is 71.8 Å². The Labute approximate surface area is 197 Å². The van der Waals surface area contributed by atoms with Crippen molar-refractivity contribution >= 4 is 24.0 Å². The molecule has 2 rings (SSSR count). The lowest BCUT2D eigenvalue weighted by Gasteiger charge is -2.14. The van der Waals surface area contributed by atoms with Gasteiger partial charge in [-0.25, -0.2) is 9.59 Å². The topological polar surface area (TPSA) is 203 Å². The molecule has 0 heterocycles. The number of nitrogens with one attached hydrogen (secondary N) is 1. The maximum absolute atomic E-state index is 11.7. The van der Waals surface area contributed by atoms with E-state index in [-0.39, 0.29) is 19.0 Å². The predicted octanol–water partition coefficient (Wildman–Crippen LogP) is 1.06. The fourth-order valence-electron chi connectivity index (χ4n) is 2.60. The normalized spacial score (nSPS) is 11.7. The summed E-state index contributed by atoms with van der Waals surface area (Å²) in [5.74, 6) is -2.08. The third-order valence-corrected chi connectivity index (χ3v) is 4.37. The van der Waals surface area contributed by atoms with E-state index >= 15 is 0 Å². The van der Waals surface area contributed by atoms with Crippen molar-refractivity contribution in [3.8, 4) is 0 Å². The van der Waals surface area contributed by atoms with Crippen LogP contribution in [-0.2, 0) is 27.4 Å². The van der Waals surface area contributed by atoms with E-state index in [0.29, 0.717) is 19.4 Å². The van der Waals surface area contributed by atoms with Crippen molar-refractivity contribution in [1.29, 1.82) is 0 Å². The number of nitrogens with two attached hydrogens (primary N) is 3. The summed E-state index contributed by atoms with van der Waals surface area (Å²) >= 11 is 0. The second kappa shape index (κ2) is 15.6. The Morgan fingerprint density at radius 2 is 1.47 bits per heavy atom. The van der Waals surface area contributed by atoms with Gasteiger partial charge in [0.05, 0.1) is 0 Å². The first-order valence-electron chi connectivity index (χ1n) is 10.5. The first-order chi connectivity index (χ1) is 16.2. The molecule has 0 saturated heterocycles. The molecule has 11 heteroatoms. The molecule has 184 valence electrons. The first-order valence-corrected chi connectivity index (χ1v) is 10.5. The minimum atomic E-state index is -1.10. The number of carbonyl (C=O) groups is 3. The van der Waals surface area contributed by atoms with E-state index in [9.17, 15) is 19.5 Å². The molecular weight excluding hydrogens is 442 g/mol. The van der Waals surface area contributed by atoms with Gasteiger partial charge in [-0.2, -0.15) is 0 Å². The van der Waals surface area contributed by atoms with Crippen LogP contribution >= 0.6 is 0 Å². The van der Waals surface area contributed by atoms with Crippen LogP contribution in [0.4, 0.5) is 4.79 Å². The average Bonchev–Trinajstić information content (AvgIpc) is 2.81. The number of hydrogen-bond donors (Lipinski definition) is 6. The highest BCUT2D eigenvalue weighted by Gasteiger charge is 2.21. The molecule has 9 N–H and O–H groups in total. The van der Waals surface area contributed by atoms with Crippen molar-refractivity contribution in [3.63, 3.8) is 0 Å². The molecule has 2 atom stereocenters. The summed E-state index contributed by atoms with van der Waals surface area (Å²) in [5, 5.41) is 20.0. The SMILES string of the molecule is NC(N)=NCCC[C@H](N)C(=O)O.O=C(N[C@@H](Cc1ccccc1)C(=O)O)OCc1ccccc1. The van der Waals surface area contributed by atoms with Gasteiger partial charge in [-0.3, -0.25) is 9.79 Å². The molecule has 2 aromatic rings. The van der Waals surface area contributed by atoms with Crippen LogP contribution < -0.4 is 22.5 Å². The van der Waals surface area contributed by atoms with Crippen LogP contribution in [0.15, 0.2) is 65.7 Å². The Kier molecular flexibility index (Phi) is 12.8. The van der Waals surface area contributed by atoms with Crippen LogP contribution in [0.25, 0.3) is 0 Å². The molecule has 0 spiro atoms. The molecule has 34 heavy (non-hydrogen) atoms. The van der Waals surface area contributed by atoms with Crippen molar-refractivity contribution in [2.75, 3.05) is 6.54 Å². The highest BCUT2D eigenvalue weighted by atomic mass is 16.5. The molecule has 0 unspecified atom stereocenters. The highest BCUT2D eigenvalue weighted by molar-refractivity contribution is 5.80. The molecule has 11 nitrogen and oxygen atoms in total. The standard InChI is InChI=1S/C17H17NO4.C6H14N4O2/c19-16(20)15(11-13-7-3-1-4-8-13)18-17(21)22-12-14-9-5-2-6-10-14;7-4(5(11)12)2-1-3-10-6(8)9/h1-10,15H,11-12H2,(H,18,21)(H,19,20);4H,1-3,7H2,(H,11,12)(H4,8,9,10)/t15-;4-/m00/s1. The number of carboxylic acid groups (broad SMARTS) is 2. The molecule has 0 aliphatic rings. The average molecular weight is 474 g/mol. The summed E-state index contributed by atoms with van der Waals surface area (Å²) in [6, 6.07) is 16.5. The van der Waals surface area contributed by atoms with Gasteiger partial charge < -0.3 is 37.5 Å². The van der Waals surface area contributed by atoms with Gasteiger partial charge in [0.1, 0.15) is 18.7 Å². The number of amides is 1. The van der Waals surface area contributed by atoms with E-state index in [1.807, 2.05) is 60.7 Å². The molecule has 0 aromatic heterocycles. The van der Waals surface area contributed by atoms with E-state index < -0.39 is 30.1 Å². The fourth-order valence-corrected chi connectivity index (χ4v) is 2.60.